The summed E-state index contributed by atoms with van der Waals surface area (Å²) < 4.78 is 11.9. The number of hydrogen-bond donors (Lipinski definition) is 1. The van der Waals surface area contributed by atoms with Gasteiger partial charge in [0.25, 0.3) is 0 Å². The summed E-state index contributed by atoms with van der Waals surface area (Å²) in [7, 11) is 1.82. The Labute approximate surface area is 112 Å². The van der Waals surface area contributed by atoms with E-state index in [1.165, 1.54) is 0 Å². The Hall–Kier alpha value is -1.04. The molecule has 0 aromatic heterocycles. The Morgan fingerprint density at radius 1 is 1.50 bits per heavy atom. The molecule has 0 radical (unpaired) electrons. The molecule has 2 N–H and O–H groups in total. The van der Waals surface area contributed by atoms with E-state index in [0.717, 1.165) is 21.7 Å². The van der Waals surface area contributed by atoms with E-state index < -0.39 is 11.2 Å². The van der Waals surface area contributed by atoms with Gasteiger partial charge in [0.2, 0.25) is 0 Å². The molecular formula is C13H21N3OS. The van der Waals surface area contributed by atoms with E-state index in [1.54, 1.807) is 5.01 Å². The molecule has 0 aliphatic carbocycles. The molecule has 0 heterocycles. The quantitative estimate of drug-likeness (QED) is 0.382. The molecule has 0 spiro atoms. The molecule has 0 saturated heterocycles. The summed E-state index contributed by atoms with van der Waals surface area (Å²) in [6, 6.07) is 5.94. The molecule has 0 aliphatic heterocycles. The summed E-state index contributed by atoms with van der Waals surface area (Å²) in [6.45, 7) is 6.20. The van der Waals surface area contributed by atoms with Crippen molar-refractivity contribution in [2.24, 2.45) is 10.8 Å². The molecule has 1 atom stereocenters. The lowest BCUT2D eigenvalue weighted by atomic mass is 10.1. The zero-order valence-corrected chi connectivity index (χ0v) is 12.3. The van der Waals surface area contributed by atoms with Gasteiger partial charge < -0.3 is 10.3 Å². The second kappa shape index (κ2) is 6.78. The summed E-state index contributed by atoms with van der Waals surface area (Å²) in [4.78, 5) is 0.889. The van der Waals surface area contributed by atoms with Crippen LogP contribution in [0.3, 0.4) is 0 Å². The van der Waals surface area contributed by atoms with Crippen LogP contribution in [-0.2, 0) is 11.2 Å². The van der Waals surface area contributed by atoms with Crippen molar-refractivity contribution in [3.8, 4) is 0 Å². The summed E-state index contributed by atoms with van der Waals surface area (Å²) in [5.74, 6) is 0.628. The smallest absolute Gasteiger partial charge is 0.156 e. The van der Waals surface area contributed by atoms with Crippen LogP contribution in [0.15, 0.2) is 28.2 Å². The summed E-state index contributed by atoms with van der Waals surface area (Å²) in [5, 5.41) is 6.02. The summed E-state index contributed by atoms with van der Waals surface area (Å²) in [5.41, 5.74) is 8.40. The molecule has 0 aliphatic rings. The number of benzene rings is 1. The van der Waals surface area contributed by atoms with E-state index in [0.29, 0.717) is 12.4 Å². The number of rotatable bonds is 5. The van der Waals surface area contributed by atoms with Crippen molar-refractivity contribution in [2.75, 3.05) is 19.5 Å². The first-order valence-corrected chi connectivity index (χ1v) is 7.27. The molecule has 0 saturated carbocycles. The molecule has 1 aromatic rings. The van der Waals surface area contributed by atoms with Crippen molar-refractivity contribution in [3.63, 3.8) is 0 Å². The molecule has 0 bridgehead atoms. The van der Waals surface area contributed by atoms with Gasteiger partial charge in [0.15, 0.2) is 4.90 Å². The Morgan fingerprint density at radius 2 is 2.17 bits per heavy atom. The van der Waals surface area contributed by atoms with E-state index >= 15 is 0 Å². The standard InChI is InChI=1S/C13H21N3OS/c1-5-18(17)13-8-12(7-6-10(13)2)11(3)15-16(4)9-14/h6-8H,5,9,14H2,1-4H3/b15-11+. The maximum Gasteiger partial charge on any atom is 0.156 e. The van der Waals surface area contributed by atoms with Gasteiger partial charge in [-0.05, 0) is 31.9 Å². The largest absolute Gasteiger partial charge is 0.611 e. The Bertz CT molecular complexity index is 434. The lowest BCUT2D eigenvalue weighted by molar-refractivity contribution is 0.366. The van der Waals surface area contributed by atoms with Crippen LogP contribution >= 0.6 is 0 Å². The van der Waals surface area contributed by atoms with Crippen LogP contribution in [0.25, 0.3) is 0 Å². The third-order valence-corrected chi connectivity index (χ3v) is 4.15. The first-order chi connectivity index (χ1) is 8.49. The maximum atomic E-state index is 11.9. The van der Waals surface area contributed by atoms with E-state index in [2.05, 4.69) is 5.10 Å². The van der Waals surface area contributed by atoms with Gasteiger partial charge in [-0.2, -0.15) is 5.10 Å². The van der Waals surface area contributed by atoms with E-state index in [9.17, 15) is 4.55 Å². The van der Waals surface area contributed by atoms with Crippen LogP contribution in [-0.4, -0.2) is 34.7 Å². The van der Waals surface area contributed by atoms with Crippen molar-refractivity contribution in [1.82, 2.24) is 5.01 Å². The molecular weight excluding hydrogens is 246 g/mol. The predicted molar refractivity (Wildman–Crippen MR) is 77.2 cm³/mol. The second-order valence-corrected chi connectivity index (χ2v) is 5.85. The van der Waals surface area contributed by atoms with Crippen molar-refractivity contribution >= 4 is 16.9 Å². The van der Waals surface area contributed by atoms with Crippen molar-refractivity contribution in [2.45, 2.75) is 25.7 Å². The van der Waals surface area contributed by atoms with Crippen LogP contribution in [0.4, 0.5) is 0 Å². The van der Waals surface area contributed by atoms with Crippen LogP contribution < -0.4 is 5.73 Å². The molecule has 1 rings (SSSR count). The third kappa shape index (κ3) is 3.73. The third-order valence-electron chi connectivity index (χ3n) is 2.70. The number of nitrogens with two attached hydrogens (primary N) is 1. The normalized spacial score (nSPS) is 13.6. The summed E-state index contributed by atoms with van der Waals surface area (Å²) >= 11 is -0.937. The first kappa shape index (κ1) is 15.0. The molecule has 4 nitrogen and oxygen atoms in total. The zero-order valence-electron chi connectivity index (χ0n) is 11.4. The minimum Gasteiger partial charge on any atom is -0.611 e. The van der Waals surface area contributed by atoms with Gasteiger partial charge in [-0.1, -0.05) is 12.1 Å². The van der Waals surface area contributed by atoms with Crippen LogP contribution in [0.1, 0.15) is 25.0 Å². The molecule has 0 fully saturated rings. The SMILES string of the molecule is CC[S+]([O-])c1cc(/C(C)=N/N(C)CN)ccc1C. The molecule has 100 valence electrons. The van der Waals surface area contributed by atoms with Gasteiger partial charge in [-0.25, -0.2) is 0 Å². The topological polar surface area (TPSA) is 64.7 Å². The fourth-order valence-electron chi connectivity index (χ4n) is 1.58. The summed E-state index contributed by atoms with van der Waals surface area (Å²) in [6.07, 6.45) is 0. The molecule has 18 heavy (non-hydrogen) atoms. The minimum absolute atomic E-state index is 0.372. The number of nitrogens with zero attached hydrogens (tertiary/aromatic N) is 2. The van der Waals surface area contributed by atoms with Crippen LogP contribution in [0.5, 0.6) is 0 Å². The van der Waals surface area contributed by atoms with Crippen LogP contribution in [0, 0.1) is 6.92 Å². The highest BCUT2D eigenvalue weighted by Gasteiger charge is 2.13. The van der Waals surface area contributed by atoms with Gasteiger partial charge in [-0.3, -0.25) is 5.01 Å². The Balaban J connectivity index is 3.08. The molecule has 1 aromatic carbocycles. The van der Waals surface area contributed by atoms with E-state index in [1.807, 2.05) is 46.0 Å². The fraction of sp³-hybridized carbons (Fsp3) is 0.462. The van der Waals surface area contributed by atoms with Gasteiger partial charge >= 0.3 is 0 Å². The zero-order chi connectivity index (χ0) is 13.7. The van der Waals surface area contributed by atoms with Crippen molar-refractivity contribution in [1.29, 1.82) is 0 Å². The lowest BCUT2D eigenvalue weighted by Gasteiger charge is -2.14. The predicted octanol–water partition coefficient (Wildman–Crippen LogP) is 1.69. The monoisotopic (exact) mass is 267 g/mol. The average molecular weight is 267 g/mol. The van der Waals surface area contributed by atoms with Gasteiger partial charge in [-0.15, -0.1) is 0 Å². The lowest BCUT2D eigenvalue weighted by Crippen LogP contribution is -2.21. The van der Waals surface area contributed by atoms with Gasteiger partial charge in [0.1, 0.15) is 5.75 Å². The maximum absolute atomic E-state index is 11.9. The number of aryl methyl sites for hydroxylation is 1. The minimum atomic E-state index is -0.937. The van der Waals surface area contributed by atoms with Gasteiger partial charge in [0.05, 0.1) is 12.4 Å². The first-order valence-electron chi connectivity index (χ1n) is 5.95. The van der Waals surface area contributed by atoms with Crippen LogP contribution in [0.2, 0.25) is 0 Å². The number of hydrazone groups is 1. The second-order valence-electron chi connectivity index (χ2n) is 4.14. The number of hydrogen-bond acceptors (Lipinski definition) is 4. The highest BCUT2D eigenvalue weighted by atomic mass is 32.2. The van der Waals surface area contributed by atoms with E-state index in [-0.39, 0.29) is 0 Å². The Morgan fingerprint density at radius 3 is 2.72 bits per heavy atom. The van der Waals surface area contributed by atoms with Crippen molar-refractivity contribution in [3.05, 3.63) is 29.3 Å². The molecule has 5 heteroatoms. The van der Waals surface area contributed by atoms with E-state index in [4.69, 9.17) is 5.73 Å². The van der Waals surface area contributed by atoms with Gasteiger partial charge in [0, 0.05) is 24.2 Å². The average Bonchev–Trinajstić information content (AvgIpc) is 2.38. The molecule has 1 unspecified atom stereocenters. The highest BCUT2D eigenvalue weighted by molar-refractivity contribution is 7.91. The van der Waals surface area contributed by atoms with Crippen molar-refractivity contribution < 1.29 is 4.55 Å². The Kier molecular flexibility index (Phi) is 5.65. The fourth-order valence-corrected chi connectivity index (χ4v) is 2.58. The molecule has 0 amide bonds. The highest BCUT2D eigenvalue weighted by Crippen LogP contribution is 2.19.